The molecule has 8 rings (SSSR count). The van der Waals surface area contributed by atoms with Crippen LogP contribution in [0.2, 0.25) is 0 Å². The van der Waals surface area contributed by atoms with E-state index in [1.807, 2.05) is 90.8 Å². The third-order valence-corrected chi connectivity index (χ3v) is 8.33. The number of fused-ring (bicyclic) bond motifs is 3. The zero-order valence-electron chi connectivity index (χ0n) is 22.1. The molecule has 4 heterocycles. The molecule has 0 amide bonds. The SMILES string of the molecule is Cn1c(-c2cccc3oc(N(c4ccccc4)c4cccc(-c5csc6ccccc56)n4)nc23)nc2ccccc21. The first-order valence-corrected chi connectivity index (χ1v) is 14.2. The number of pyridine rings is 1. The summed E-state index contributed by atoms with van der Waals surface area (Å²) in [6, 6.07) is 39.1. The van der Waals surface area contributed by atoms with E-state index in [1.165, 1.54) is 10.1 Å². The van der Waals surface area contributed by atoms with Crippen molar-refractivity contribution in [3.63, 3.8) is 0 Å². The van der Waals surface area contributed by atoms with Crippen LogP contribution in [0.4, 0.5) is 17.5 Å². The van der Waals surface area contributed by atoms with Crippen LogP contribution in [0.1, 0.15) is 0 Å². The Morgan fingerprint density at radius 2 is 1.51 bits per heavy atom. The zero-order chi connectivity index (χ0) is 27.3. The minimum Gasteiger partial charge on any atom is -0.423 e. The molecule has 0 bridgehead atoms. The Morgan fingerprint density at radius 3 is 2.41 bits per heavy atom. The summed E-state index contributed by atoms with van der Waals surface area (Å²) in [5.74, 6) is 1.56. The van der Waals surface area contributed by atoms with E-state index in [-0.39, 0.29) is 0 Å². The highest BCUT2D eigenvalue weighted by Crippen LogP contribution is 2.39. The van der Waals surface area contributed by atoms with Crippen LogP contribution in [-0.4, -0.2) is 19.5 Å². The van der Waals surface area contributed by atoms with Gasteiger partial charge in [0.05, 0.1) is 22.4 Å². The van der Waals surface area contributed by atoms with Crippen molar-refractivity contribution in [1.82, 2.24) is 19.5 Å². The van der Waals surface area contributed by atoms with Crippen LogP contribution in [0.3, 0.4) is 0 Å². The molecular formula is C34H23N5OS. The molecule has 4 aromatic carbocycles. The van der Waals surface area contributed by atoms with Gasteiger partial charge in [0.15, 0.2) is 5.58 Å². The lowest BCUT2D eigenvalue weighted by atomic mass is 10.1. The molecular weight excluding hydrogens is 526 g/mol. The average molecular weight is 550 g/mol. The predicted octanol–water partition coefficient (Wildman–Crippen LogP) is 9.13. The Labute approximate surface area is 239 Å². The Bertz CT molecular complexity index is 2190. The van der Waals surface area contributed by atoms with Gasteiger partial charge in [-0.05, 0) is 54.6 Å². The van der Waals surface area contributed by atoms with Crippen LogP contribution in [0.15, 0.2) is 125 Å². The monoisotopic (exact) mass is 549 g/mol. The summed E-state index contributed by atoms with van der Waals surface area (Å²) in [6.45, 7) is 0. The second-order valence-electron chi connectivity index (χ2n) is 9.83. The average Bonchev–Trinajstić information content (AvgIpc) is 3.73. The molecule has 0 atom stereocenters. The minimum absolute atomic E-state index is 0.442. The molecule has 0 N–H and O–H groups in total. The second-order valence-corrected chi connectivity index (χ2v) is 10.7. The largest absolute Gasteiger partial charge is 0.423 e. The van der Waals surface area contributed by atoms with E-state index in [1.54, 1.807) is 11.3 Å². The topological polar surface area (TPSA) is 60.0 Å². The zero-order valence-corrected chi connectivity index (χ0v) is 22.9. The maximum atomic E-state index is 6.46. The minimum atomic E-state index is 0.442. The van der Waals surface area contributed by atoms with Gasteiger partial charge in [0.1, 0.15) is 17.2 Å². The fraction of sp³-hybridized carbons (Fsp3) is 0.0294. The van der Waals surface area contributed by atoms with Crippen molar-refractivity contribution < 1.29 is 4.42 Å². The fourth-order valence-corrected chi connectivity index (χ4v) is 6.35. The van der Waals surface area contributed by atoms with E-state index in [0.29, 0.717) is 11.6 Å². The number of thiophene rings is 1. The van der Waals surface area contributed by atoms with Gasteiger partial charge < -0.3 is 8.98 Å². The number of aryl methyl sites for hydroxylation is 1. The lowest BCUT2D eigenvalue weighted by molar-refractivity contribution is 0.607. The van der Waals surface area contributed by atoms with E-state index >= 15 is 0 Å². The van der Waals surface area contributed by atoms with E-state index in [2.05, 4.69) is 46.3 Å². The number of benzene rings is 4. The molecule has 0 saturated heterocycles. The van der Waals surface area contributed by atoms with Gasteiger partial charge in [0.25, 0.3) is 0 Å². The van der Waals surface area contributed by atoms with E-state index in [9.17, 15) is 0 Å². The Kier molecular flexibility index (Phi) is 5.43. The lowest BCUT2D eigenvalue weighted by Gasteiger charge is -2.20. The molecule has 4 aromatic heterocycles. The first-order valence-electron chi connectivity index (χ1n) is 13.3. The standard InChI is InChI=1S/C34H23N5OS/c1-38-28-17-7-6-15-27(28)36-33(38)24-14-9-18-29-32(24)37-34(40-29)39(22-11-3-2-4-12-22)31-20-10-16-26(35-31)25-21-41-30-19-8-5-13-23(25)30/h2-21H,1H3. The molecule has 0 fully saturated rings. The molecule has 0 aliphatic rings. The summed E-state index contributed by atoms with van der Waals surface area (Å²) >= 11 is 1.73. The maximum absolute atomic E-state index is 6.46. The highest BCUT2D eigenvalue weighted by molar-refractivity contribution is 7.17. The molecule has 6 nitrogen and oxygen atoms in total. The molecule has 0 spiro atoms. The van der Waals surface area contributed by atoms with Gasteiger partial charge in [0.2, 0.25) is 0 Å². The highest BCUT2D eigenvalue weighted by atomic mass is 32.1. The van der Waals surface area contributed by atoms with Gasteiger partial charge in [-0.3, -0.25) is 0 Å². The van der Waals surface area contributed by atoms with Crippen molar-refractivity contribution in [3.05, 3.63) is 121 Å². The van der Waals surface area contributed by atoms with Gasteiger partial charge in [-0.15, -0.1) is 11.3 Å². The Morgan fingerprint density at radius 1 is 0.707 bits per heavy atom. The highest BCUT2D eigenvalue weighted by Gasteiger charge is 2.23. The number of hydrogen-bond donors (Lipinski definition) is 0. The summed E-state index contributed by atoms with van der Waals surface area (Å²) < 4.78 is 9.80. The van der Waals surface area contributed by atoms with Crippen molar-refractivity contribution in [2.45, 2.75) is 0 Å². The fourth-order valence-electron chi connectivity index (χ4n) is 5.39. The third-order valence-electron chi connectivity index (χ3n) is 7.36. The summed E-state index contributed by atoms with van der Waals surface area (Å²) in [6.07, 6.45) is 0. The van der Waals surface area contributed by atoms with E-state index in [0.717, 1.165) is 50.7 Å². The summed E-state index contributed by atoms with van der Waals surface area (Å²) in [5, 5.41) is 3.37. The number of hydrogen-bond acceptors (Lipinski definition) is 6. The molecule has 8 aromatic rings. The van der Waals surface area contributed by atoms with Crippen LogP contribution in [-0.2, 0) is 7.05 Å². The van der Waals surface area contributed by atoms with Crippen LogP contribution in [0.5, 0.6) is 0 Å². The number of anilines is 3. The van der Waals surface area contributed by atoms with Crippen LogP contribution in [0, 0.1) is 0 Å². The number of para-hydroxylation sites is 4. The van der Waals surface area contributed by atoms with Gasteiger partial charge in [0, 0.05) is 33.6 Å². The molecule has 196 valence electrons. The maximum Gasteiger partial charge on any atom is 0.309 e. The smallest absolute Gasteiger partial charge is 0.309 e. The summed E-state index contributed by atoms with van der Waals surface area (Å²) in [4.78, 5) is 17.1. The van der Waals surface area contributed by atoms with Crippen LogP contribution in [0.25, 0.3) is 54.9 Å². The first kappa shape index (κ1) is 23.6. The quantitative estimate of drug-likeness (QED) is 0.214. The summed E-state index contributed by atoms with van der Waals surface area (Å²) in [5.41, 5.74) is 7.28. The molecule has 0 unspecified atom stereocenters. The summed E-state index contributed by atoms with van der Waals surface area (Å²) in [7, 11) is 2.03. The van der Waals surface area contributed by atoms with Gasteiger partial charge in [-0.1, -0.05) is 60.7 Å². The van der Waals surface area contributed by atoms with Crippen molar-refractivity contribution in [2.24, 2.45) is 7.05 Å². The van der Waals surface area contributed by atoms with Gasteiger partial charge in [-0.2, -0.15) is 4.98 Å². The number of aromatic nitrogens is 4. The number of rotatable bonds is 5. The van der Waals surface area contributed by atoms with Crippen molar-refractivity contribution >= 4 is 61.1 Å². The van der Waals surface area contributed by atoms with Crippen molar-refractivity contribution in [3.8, 4) is 22.6 Å². The molecule has 41 heavy (non-hydrogen) atoms. The van der Waals surface area contributed by atoms with Crippen molar-refractivity contribution in [2.75, 3.05) is 4.90 Å². The molecule has 0 aliphatic carbocycles. The third kappa shape index (κ3) is 3.90. The molecule has 0 radical (unpaired) electrons. The van der Waals surface area contributed by atoms with E-state index < -0.39 is 0 Å². The Balaban J connectivity index is 1.30. The van der Waals surface area contributed by atoms with E-state index in [4.69, 9.17) is 19.4 Å². The number of oxazole rings is 1. The van der Waals surface area contributed by atoms with Crippen LogP contribution >= 0.6 is 11.3 Å². The van der Waals surface area contributed by atoms with Gasteiger partial charge in [-0.25, -0.2) is 14.9 Å². The first-order chi connectivity index (χ1) is 20.2. The molecule has 7 heteroatoms. The Hall–Kier alpha value is -5.27. The number of imidazole rings is 1. The normalized spacial score (nSPS) is 11.5. The van der Waals surface area contributed by atoms with Crippen molar-refractivity contribution in [1.29, 1.82) is 0 Å². The number of nitrogens with zero attached hydrogens (tertiary/aromatic N) is 5. The molecule has 0 aliphatic heterocycles. The predicted molar refractivity (Wildman–Crippen MR) is 167 cm³/mol. The van der Waals surface area contributed by atoms with Crippen LogP contribution < -0.4 is 4.90 Å². The second kappa shape index (κ2) is 9.43. The van der Waals surface area contributed by atoms with Gasteiger partial charge >= 0.3 is 6.01 Å². The molecule has 0 saturated carbocycles. The lowest BCUT2D eigenvalue weighted by Crippen LogP contribution is -2.12.